The minimum absolute atomic E-state index is 0.162. The highest BCUT2D eigenvalue weighted by molar-refractivity contribution is 7.57. The molecule has 0 aliphatic rings. The van der Waals surface area contributed by atoms with E-state index in [1.165, 1.54) is 5.56 Å². The normalized spacial score (nSPS) is 13.9. The molecule has 0 aliphatic carbocycles. The fourth-order valence-electron chi connectivity index (χ4n) is 5.29. The molecule has 2 unspecified atom stereocenters. The molecule has 0 spiro atoms. The molecule has 0 saturated heterocycles. The monoisotopic (exact) mass is 645 g/mol. The summed E-state index contributed by atoms with van der Waals surface area (Å²) < 4.78 is 30.0. The van der Waals surface area contributed by atoms with Gasteiger partial charge in [0.15, 0.2) is 6.35 Å². The highest BCUT2D eigenvalue weighted by Gasteiger charge is 2.21. The van der Waals surface area contributed by atoms with E-state index in [0.717, 1.165) is 43.7 Å². The fourth-order valence-corrected chi connectivity index (χ4v) is 6.45. The molecule has 4 aromatic carbocycles. The third-order valence-electron chi connectivity index (χ3n) is 7.96. The molecule has 2 N–H and O–H groups in total. The van der Waals surface area contributed by atoms with E-state index in [9.17, 15) is 14.6 Å². The lowest BCUT2D eigenvalue weighted by Crippen LogP contribution is -2.36. The van der Waals surface area contributed by atoms with Gasteiger partial charge in [0.2, 0.25) is 7.37 Å². The minimum Gasteiger partial charge on any atom is -0.491 e. The molecule has 0 aromatic heterocycles. The molecule has 0 radical (unpaired) electrons. The van der Waals surface area contributed by atoms with Crippen LogP contribution in [0.25, 0.3) is 0 Å². The summed E-state index contributed by atoms with van der Waals surface area (Å²) >= 11 is 0. The highest BCUT2D eigenvalue weighted by atomic mass is 31.2. The summed E-state index contributed by atoms with van der Waals surface area (Å²) in [4.78, 5) is 12.7. The van der Waals surface area contributed by atoms with Crippen LogP contribution in [0.5, 0.6) is 17.2 Å². The van der Waals surface area contributed by atoms with Crippen molar-refractivity contribution in [2.24, 2.45) is 5.92 Å². The molecule has 0 aliphatic heterocycles. The Kier molecular flexibility index (Phi) is 14.7. The third kappa shape index (κ3) is 13.4. The first-order chi connectivity index (χ1) is 22.4. The number of nitrogens with zero attached hydrogens (tertiary/aromatic N) is 1. The first-order valence-electron chi connectivity index (χ1n) is 16.2. The Morgan fingerprint density at radius 1 is 0.717 bits per heavy atom. The van der Waals surface area contributed by atoms with Crippen molar-refractivity contribution in [1.82, 2.24) is 4.90 Å². The van der Waals surface area contributed by atoms with Crippen molar-refractivity contribution in [2.45, 2.75) is 51.9 Å². The van der Waals surface area contributed by atoms with Crippen molar-refractivity contribution in [1.29, 1.82) is 0 Å². The summed E-state index contributed by atoms with van der Waals surface area (Å²) in [5.41, 5.74) is 2.30. The quantitative estimate of drug-likeness (QED) is 0.0888. The van der Waals surface area contributed by atoms with Gasteiger partial charge in [0, 0.05) is 19.3 Å². The summed E-state index contributed by atoms with van der Waals surface area (Å²) in [6.07, 6.45) is 2.91. The number of aliphatic hydroxyl groups is 1. The number of benzene rings is 4. The summed E-state index contributed by atoms with van der Waals surface area (Å²) in [6, 6.07) is 36.9. The number of ether oxygens (including phenoxy) is 3. The van der Waals surface area contributed by atoms with Crippen molar-refractivity contribution < 1.29 is 28.8 Å². The number of para-hydroxylation sites is 1. The van der Waals surface area contributed by atoms with E-state index in [0.29, 0.717) is 37.0 Å². The molecule has 8 heteroatoms. The van der Waals surface area contributed by atoms with Crippen LogP contribution in [-0.4, -0.2) is 53.2 Å². The van der Waals surface area contributed by atoms with E-state index >= 15 is 0 Å². The van der Waals surface area contributed by atoms with Gasteiger partial charge in [0.05, 0.1) is 0 Å². The predicted molar refractivity (Wildman–Crippen MR) is 185 cm³/mol. The van der Waals surface area contributed by atoms with Gasteiger partial charge in [-0.1, -0.05) is 92.2 Å². The van der Waals surface area contributed by atoms with Gasteiger partial charge in [0.1, 0.15) is 36.6 Å². The van der Waals surface area contributed by atoms with E-state index in [1.807, 2.05) is 91.0 Å². The first-order valence-corrected chi connectivity index (χ1v) is 18.2. The topological polar surface area (TPSA) is 88.5 Å². The summed E-state index contributed by atoms with van der Waals surface area (Å²) in [5.74, 6) is 2.47. The molecule has 7 nitrogen and oxygen atoms in total. The highest BCUT2D eigenvalue weighted by Crippen LogP contribution is 2.42. The average molecular weight is 646 g/mol. The van der Waals surface area contributed by atoms with Gasteiger partial charge in [-0.3, -0.25) is 9.46 Å². The number of aliphatic hydroxyl groups excluding tert-OH is 1. The summed E-state index contributed by atoms with van der Waals surface area (Å²) in [5, 5.41) is 10.9. The zero-order chi connectivity index (χ0) is 32.5. The van der Waals surface area contributed by atoms with Crippen molar-refractivity contribution in [3.05, 3.63) is 126 Å². The lowest BCUT2D eigenvalue weighted by atomic mass is 9.96. The molecule has 246 valence electrons. The Balaban J connectivity index is 1.22. The standard InChI is InChI=1S/C38H48NO6P/c1-2-32(17-12-26-46(41,42)31-45-36-18-10-5-11-19-36)24-25-39(27-33-13-6-3-7-14-33)28-35(40)30-44-38-22-20-37(21-23-38)43-29-34-15-8-4-9-16-34/h3-11,13-16,18-23,32,35,40H,2,12,17,24-31H2,1H3,(H,41,42)/t32-,35?/m0/s1. The van der Waals surface area contributed by atoms with Crippen LogP contribution in [0.3, 0.4) is 0 Å². The van der Waals surface area contributed by atoms with Gasteiger partial charge in [-0.15, -0.1) is 0 Å². The Morgan fingerprint density at radius 2 is 1.28 bits per heavy atom. The van der Waals surface area contributed by atoms with Gasteiger partial charge in [0.25, 0.3) is 0 Å². The Bertz CT molecular complexity index is 1420. The average Bonchev–Trinajstić information content (AvgIpc) is 3.09. The molecule has 4 aromatic rings. The van der Waals surface area contributed by atoms with E-state index in [-0.39, 0.29) is 19.1 Å². The first kappa shape index (κ1) is 35.2. The molecule has 0 saturated carbocycles. The minimum atomic E-state index is -3.37. The van der Waals surface area contributed by atoms with Crippen LogP contribution < -0.4 is 14.2 Å². The van der Waals surface area contributed by atoms with Crippen LogP contribution in [-0.2, 0) is 17.7 Å². The Hall–Kier alpha value is -3.61. The maximum atomic E-state index is 12.7. The summed E-state index contributed by atoms with van der Waals surface area (Å²) in [7, 11) is -3.37. The van der Waals surface area contributed by atoms with Gasteiger partial charge in [-0.25, -0.2) is 0 Å². The van der Waals surface area contributed by atoms with E-state index in [1.54, 1.807) is 12.1 Å². The van der Waals surface area contributed by atoms with Crippen molar-refractivity contribution in [3.8, 4) is 17.2 Å². The molecule has 0 bridgehead atoms. The smallest absolute Gasteiger partial charge is 0.236 e. The van der Waals surface area contributed by atoms with Crippen LogP contribution in [0.15, 0.2) is 115 Å². The zero-order valence-corrected chi connectivity index (χ0v) is 27.7. The SMILES string of the molecule is CC[C@@H](CCCP(=O)(O)COc1ccccc1)CCN(Cc1ccccc1)CC(O)COc1ccc(OCc2ccccc2)cc1. The number of hydrogen-bond acceptors (Lipinski definition) is 6. The lowest BCUT2D eigenvalue weighted by Gasteiger charge is -2.27. The second-order valence-electron chi connectivity index (χ2n) is 11.8. The van der Waals surface area contributed by atoms with E-state index in [4.69, 9.17) is 14.2 Å². The molecule has 4 rings (SSSR count). The predicted octanol–water partition coefficient (Wildman–Crippen LogP) is 8.01. The van der Waals surface area contributed by atoms with Crippen molar-refractivity contribution in [2.75, 3.05) is 32.2 Å². The lowest BCUT2D eigenvalue weighted by molar-refractivity contribution is 0.0631. The van der Waals surface area contributed by atoms with Crippen molar-refractivity contribution in [3.63, 3.8) is 0 Å². The van der Waals surface area contributed by atoms with Crippen LogP contribution in [0.4, 0.5) is 0 Å². The fraction of sp³-hybridized carbons (Fsp3) is 0.368. The molecule has 3 atom stereocenters. The van der Waals surface area contributed by atoms with Crippen LogP contribution in [0.2, 0.25) is 0 Å². The molecule has 0 amide bonds. The third-order valence-corrected chi connectivity index (χ3v) is 9.51. The van der Waals surface area contributed by atoms with Crippen LogP contribution in [0.1, 0.15) is 43.7 Å². The van der Waals surface area contributed by atoms with Gasteiger partial charge in [-0.2, -0.15) is 0 Å². The van der Waals surface area contributed by atoms with Gasteiger partial charge in [-0.05, 0) is 79.3 Å². The zero-order valence-electron chi connectivity index (χ0n) is 26.8. The van der Waals surface area contributed by atoms with E-state index in [2.05, 4.69) is 24.0 Å². The van der Waals surface area contributed by atoms with Gasteiger partial charge >= 0.3 is 0 Å². The second kappa shape index (κ2) is 19.1. The van der Waals surface area contributed by atoms with E-state index < -0.39 is 13.5 Å². The maximum absolute atomic E-state index is 12.7. The van der Waals surface area contributed by atoms with Crippen LogP contribution >= 0.6 is 7.37 Å². The molecule has 0 fully saturated rings. The Morgan fingerprint density at radius 3 is 1.91 bits per heavy atom. The second-order valence-corrected chi connectivity index (χ2v) is 14.2. The number of rotatable bonds is 21. The van der Waals surface area contributed by atoms with Crippen LogP contribution in [0, 0.1) is 5.92 Å². The van der Waals surface area contributed by atoms with Crippen molar-refractivity contribution >= 4 is 7.37 Å². The Labute approximate surface area is 274 Å². The molecule has 46 heavy (non-hydrogen) atoms. The number of hydrogen-bond donors (Lipinski definition) is 2. The largest absolute Gasteiger partial charge is 0.491 e. The molecular formula is C38H48NO6P. The van der Waals surface area contributed by atoms with Gasteiger partial charge < -0.3 is 24.2 Å². The molecular weight excluding hydrogens is 597 g/mol. The summed E-state index contributed by atoms with van der Waals surface area (Å²) in [6.45, 7) is 4.87. The molecule has 0 heterocycles. The maximum Gasteiger partial charge on any atom is 0.236 e.